The summed E-state index contributed by atoms with van der Waals surface area (Å²) in [5, 5.41) is 0. The Kier molecular flexibility index (Phi) is 17.1. The summed E-state index contributed by atoms with van der Waals surface area (Å²) < 4.78 is 37.4. The van der Waals surface area contributed by atoms with Crippen LogP contribution in [0.5, 0.6) is 0 Å². The van der Waals surface area contributed by atoms with E-state index in [1.165, 1.54) is 33.4 Å². The van der Waals surface area contributed by atoms with E-state index in [9.17, 15) is 0 Å². The molecule has 0 radical (unpaired) electrons. The molecule has 5 heterocycles. The van der Waals surface area contributed by atoms with E-state index in [-0.39, 0.29) is 40.7 Å². The summed E-state index contributed by atoms with van der Waals surface area (Å²) in [5.41, 5.74) is 17.0. The first kappa shape index (κ1) is 60.5. The molecule has 11 rings (SSSR count). The minimum Gasteiger partial charge on any atom is -0.405 e. The number of aromatic nitrogens is 4. The van der Waals surface area contributed by atoms with Gasteiger partial charge in [0, 0.05) is 27.0 Å². The Hall–Kier alpha value is -6.09. The zero-order chi connectivity index (χ0) is 59.3. The third-order valence-corrected chi connectivity index (χ3v) is 17.9. The number of halogens is 1. The van der Waals surface area contributed by atoms with Crippen molar-refractivity contribution >= 4 is 42.5 Å². The van der Waals surface area contributed by atoms with Gasteiger partial charge >= 0.3 is 21.1 Å². The molecule has 0 bridgehead atoms. The van der Waals surface area contributed by atoms with Crippen LogP contribution in [-0.4, -0.2) is 74.7 Å². The van der Waals surface area contributed by atoms with Crippen LogP contribution in [0.2, 0.25) is 0 Å². The van der Waals surface area contributed by atoms with Gasteiger partial charge in [-0.3, -0.25) is 0 Å². The number of hydrogen-bond acceptors (Lipinski definition) is 10. The highest BCUT2D eigenvalue weighted by Gasteiger charge is 2.63. The zero-order valence-corrected chi connectivity index (χ0v) is 52.8. The van der Waals surface area contributed by atoms with Gasteiger partial charge in [0.2, 0.25) is 0 Å². The predicted molar refractivity (Wildman–Crippen MR) is 341 cm³/mol. The maximum atomic E-state index is 6.25. The van der Waals surface area contributed by atoms with Crippen molar-refractivity contribution in [3.05, 3.63) is 184 Å². The Morgan fingerprint density at radius 1 is 0.317 bits per heavy atom. The van der Waals surface area contributed by atoms with E-state index < -0.39 is 14.0 Å². The number of benzene rings is 6. The Bertz CT molecular complexity index is 3510. The Morgan fingerprint density at radius 3 is 0.927 bits per heavy atom. The lowest BCUT2D eigenvalue weighted by atomic mass is 9.49. The number of rotatable bonds is 8. The van der Waals surface area contributed by atoms with Crippen LogP contribution in [0, 0.1) is 41.5 Å². The molecule has 0 saturated carbocycles. The Balaban J connectivity index is 0.000000157. The quantitative estimate of drug-likeness (QED) is 0.137. The summed E-state index contributed by atoms with van der Waals surface area (Å²) in [6.07, 6.45) is 0. The monoisotopic (exact) mass is 1160 g/mol. The van der Waals surface area contributed by atoms with Crippen LogP contribution in [0.3, 0.4) is 0 Å². The van der Waals surface area contributed by atoms with Crippen molar-refractivity contribution in [2.24, 2.45) is 0 Å². The fourth-order valence-electron chi connectivity index (χ4n) is 9.96. The molecule has 422 valence electrons. The van der Waals surface area contributed by atoms with Crippen molar-refractivity contribution in [3.63, 3.8) is 0 Å². The van der Waals surface area contributed by atoms with Crippen LogP contribution in [0.15, 0.2) is 150 Å². The largest absolute Gasteiger partial charge is 0.494 e. The molecule has 0 unspecified atom stereocenters. The molecule has 3 aliphatic rings. The lowest BCUT2D eigenvalue weighted by molar-refractivity contribution is 0.00578. The molecule has 0 aliphatic carbocycles. The Labute approximate surface area is 497 Å². The van der Waals surface area contributed by atoms with Crippen LogP contribution in [0.25, 0.3) is 67.0 Å². The molecule has 3 aliphatic heterocycles. The van der Waals surface area contributed by atoms with Crippen molar-refractivity contribution in [1.29, 1.82) is 0 Å². The molecule has 0 atom stereocenters. The second-order valence-corrected chi connectivity index (χ2v) is 25.9. The highest BCUT2D eigenvalue weighted by atomic mass is 79.9. The van der Waals surface area contributed by atoms with Gasteiger partial charge in [0.25, 0.3) is 0 Å². The number of hydrogen-bond donors (Lipinski definition) is 0. The van der Waals surface area contributed by atoms with E-state index in [0.29, 0.717) is 0 Å². The van der Waals surface area contributed by atoms with E-state index in [4.69, 9.17) is 27.9 Å². The molecular weight excluding hydrogens is 1080 g/mol. The minimum absolute atomic E-state index is 0.352. The van der Waals surface area contributed by atoms with E-state index in [1.807, 2.05) is 89.2 Å². The van der Waals surface area contributed by atoms with Gasteiger partial charge in [-0.15, -0.1) is 0 Å². The minimum atomic E-state index is -0.476. The van der Waals surface area contributed by atoms with E-state index in [1.54, 1.807) is 0 Å². The van der Waals surface area contributed by atoms with Crippen molar-refractivity contribution in [2.45, 2.75) is 158 Å². The zero-order valence-electron chi connectivity index (χ0n) is 51.2. The Morgan fingerprint density at radius 2 is 0.598 bits per heavy atom. The summed E-state index contributed by atoms with van der Waals surface area (Å²) in [7, 11) is -1.31. The van der Waals surface area contributed by atoms with Crippen molar-refractivity contribution in [1.82, 2.24) is 19.9 Å². The van der Waals surface area contributed by atoms with Gasteiger partial charge in [-0.25, -0.2) is 19.9 Å². The van der Waals surface area contributed by atoms with Crippen LogP contribution in [0.4, 0.5) is 0 Å². The smallest absolute Gasteiger partial charge is 0.405 e. The highest BCUT2D eigenvalue weighted by molar-refractivity contribution is 9.10. The molecule has 2 aromatic heterocycles. The van der Waals surface area contributed by atoms with Gasteiger partial charge in [-0.05, 0) is 198 Å². The van der Waals surface area contributed by atoms with E-state index in [2.05, 4.69) is 217 Å². The maximum absolute atomic E-state index is 6.25. The van der Waals surface area contributed by atoms with E-state index >= 15 is 0 Å². The SMILES string of the molecule is CC1(C)OB(B2OC(C)(C)C(C)(C)O2)OC1(C)C.Cc1nc(C)c(C)c(-c2ccc(-c3ccc(-c4cccc(B5OC(C)(C)C(C)(C)O5)c4)cc3)cc2)n1.Cc1nc(C)c(C)c(-c2ccc(-c3ccc(-c4cccc(Br)c4)cc3)cc2)n1. The topological polar surface area (TPSA) is 107 Å². The lowest BCUT2D eigenvalue weighted by Crippen LogP contribution is -2.41. The van der Waals surface area contributed by atoms with Gasteiger partial charge in [-0.2, -0.15) is 0 Å². The third kappa shape index (κ3) is 12.8. The van der Waals surface area contributed by atoms with Crippen molar-refractivity contribution in [2.75, 3.05) is 0 Å². The second kappa shape index (κ2) is 23.2. The van der Waals surface area contributed by atoms with Crippen LogP contribution in [-0.2, 0) is 27.9 Å². The maximum Gasteiger partial charge on any atom is 0.494 e. The molecule has 10 nitrogen and oxygen atoms in total. The second-order valence-electron chi connectivity index (χ2n) is 24.9. The number of nitrogens with zero attached hydrogens (tertiary/aromatic N) is 4. The normalized spacial score (nSPS) is 17.9. The number of aryl methyl sites for hydroxylation is 4. The van der Waals surface area contributed by atoms with Gasteiger partial charge in [0.05, 0.1) is 45.0 Å². The summed E-state index contributed by atoms with van der Waals surface area (Å²) in [6, 6.07) is 51.4. The first-order valence-corrected chi connectivity index (χ1v) is 29.2. The lowest BCUT2D eigenvalue weighted by Gasteiger charge is -2.32. The fourth-order valence-corrected chi connectivity index (χ4v) is 10.4. The molecule has 3 fully saturated rings. The average Bonchev–Trinajstić information content (AvgIpc) is 3.98. The van der Waals surface area contributed by atoms with Crippen molar-refractivity contribution in [3.8, 4) is 67.0 Å². The van der Waals surface area contributed by atoms with Gasteiger partial charge in [0.1, 0.15) is 11.6 Å². The van der Waals surface area contributed by atoms with Crippen LogP contribution >= 0.6 is 15.9 Å². The van der Waals surface area contributed by atoms with E-state index in [0.717, 1.165) is 77.7 Å². The van der Waals surface area contributed by atoms with Crippen molar-refractivity contribution < 1.29 is 27.9 Å². The first-order valence-electron chi connectivity index (χ1n) is 28.4. The molecule has 8 aromatic rings. The average molecular weight is 1160 g/mol. The molecule has 0 amide bonds. The molecule has 0 N–H and O–H groups in total. The van der Waals surface area contributed by atoms with Gasteiger partial charge in [0.15, 0.2) is 0 Å². The molecule has 82 heavy (non-hydrogen) atoms. The summed E-state index contributed by atoms with van der Waals surface area (Å²) in [6.45, 7) is 36.7. The highest BCUT2D eigenvalue weighted by Crippen LogP contribution is 2.43. The fraction of sp³-hybridized carbons (Fsp3) is 0.353. The summed E-state index contributed by atoms with van der Waals surface area (Å²) >= 11 is 3.54. The molecule has 14 heteroatoms. The standard InChI is InChI=1S/C31H33BN2O2.C25H21BrN2.C12H24B2O4/c1-20-21(2)33-22(3)34-29(20)26-17-15-24(16-18-26)23-11-13-25(14-12-23)27-9-8-10-28(19-27)32-35-30(4,5)31(6,7)36-32;1-16-17(2)27-18(3)28-25(16)22-13-11-20(12-14-22)19-7-9-21(10-8-19)23-5-4-6-24(26)15-23;1-9(2)10(3,4)16-13(15-9)14-17-11(5,6)12(7,8)18-14/h8-19H,1-7H3;4-15H,1-3H3;1-8H3. The van der Waals surface area contributed by atoms with Gasteiger partial charge in [-0.1, -0.05) is 149 Å². The summed E-state index contributed by atoms with van der Waals surface area (Å²) in [4.78, 5) is 18.2. The molecule has 0 spiro atoms. The molecular formula is C68H78B3BrN4O6. The predicted octanol–water partition coefficient (Wildman–Crippen LogP) is 16.1. The van der Waals surface area contributed by atoms with Crippen LogP contribution in [0.1, 0.15) is 117 Å². The van der Waals surface area contributed by atoms with Gasteiger partial charge < -0.3 is 27.9 Å². The summed E-state index contributed by atoms with van der Waals surface area (Å²) in [5.74, 6) is 1.61. The molecule has 3 saturated heterocycles. The first-order chi connectivity index (χ1) is 38.4. The molecule has 6 aromatic carbocycles. The third-order valence-electron chi connectivity index (χ3n) is 17.4. The van der Waals surface area contributed by atoms with Crippen LogP contribution < -0.4 is 5.46 Å².